The summed E-state index contributed by atoms with van der Waals surface area (Å²) in [7, 11) is 0. The molecule has 1 amide bonds. The maximum atomic E-state index is 11.1. The van der Waals surface area contributed by atoms with E-state index in [-0.39, 0.29) is 11.3 Å². The minimum atomic E-state index is -1.12. The summed E-state index contributed by atoms with van der Waals surface area (Å²) in [5.41, 5.74) is 5.68. The lowest BCUT2D eigenvalue weighted by atomic mass is 10.1. The number of ether oxygens (including phenoxy) is 1. The summed E-state index contributed by atoms with van der Waals surface area (Å²) in [4.78, 5) is 22.0. The van der Waals surface area contributed by atoms with Crippen LogP contribution in [-0.4, -0.2) is 23.1 Å². The number of benzene rings is 1. The van der Waals surface area contributed by atoms with Gasteiger partial charge in [0.15, 0.2) is 6.10 Å². The lowest BCUT2D eigenvalue weighted by Gasteiger charge is -2.16. The second-order valence-electron chi connectivity index (χ2n) is 3.57. The standard InChI is InChI=1S/C11H12BrNO4/c1-5-3-7(12)4-8(11(15)16)9(5)17-6(2)10(13)14/h3-4,6H,1-2H3,(H2,13,14)(H,15,16). The van der Waals surface area contributed by atoms with E-state index in [9.17, 15) is 9.59 Å². The Labute approximate surface area is 107 Å². The van der Waals surface area contributed by atoms with E-state index < -0.39 is 18.0 Å². The maximum absolute atomic E-state index is 11.1. The first-order chi connectivity index (χ1) is 7.82. The van der Waals surface area contributed by atoms with Crippen LogP contribution in [0, 0.1) is 6.92 Å². The number of primary amides is 1. The molecule has 6 heteroatoms. The molecule has 1 unspecified atom stereocenters. The average molecular weight is 302 g/mol. The van der Waals surface area contributed by atoms with Crippen LogP contribution in [0.4, 0.5) is 0 Å². The Morgan fingerprint density at radius 3 is 2.53 bits per heavy atom. The number of aromatic carboxylic acids is 1. The van der Waals surface area contributed by atoms with Gasteiger partial charge in [0.05, 0.1) is 0 Å². The summed E-state index contributed by atoms with van der Waals surface area (Å²) in [6.07, 6.45) is -0.882. The van der Waals surface area contributed by atoms with Crippen LogP contribution in [0.2, 0.25) is 0 Å². The molecule has 1 aromatic rings. The highest BCUT2D eigenvalue weighted by Crippen LogP contribution is 2.28. The fourth-order valence-electron chi connectivity index (χ4n) is 1.28. The highest BCUT2D eigenvalue weighted by Gasteiger charge is 2.19. The molecule has 0 heterocycles. The van der Waals surface area contributed by atoms with Gasteiger partial charge in [-0.2, -0.15) is 0 Å². The van der Waals surface area contributed by atoms with E-state index in [1.807, 2.05) is 0 Å². The summed E-state index contributed by atoms with van der Waals surface area (Å²) < 4.78 is 5.91. The van der Waals surface area contributed by atoms with Crippen molar-refractivity contribution in [2.24, 2.45) is 5.73 Å². The average Bonchev–Trinajstić information content (AvgIpc) is 2.20. The number of carbonyl (C=O) groups excluding carboxylic acids is 1. The molecule has 17 heavy (non-hydrogen) atoms. The van der Waals surface area contributed by atoms with E-state index in [0.717, 1.165) is 0 Å². The van der Waals surface area contributed by atoms with Crippen molar-refractivity contribution in [3.63, 3.8) is 0 Å². The number of hydrogen-bond acceptors (Lipinski definition) is 3. The first-order valence-corrected chi connectivity index (χ1v) is 5.61. The molecule has 0 bridgehead atoms. The second kappa shape index (κ2) is 5.18. The number of nitrogens with two attached hydrogens (primary N) is 1. The van der Waals surface area contributed by atoms with Crippen molar-refractivity contribution < 1.29 is 19.4 Å². The van der Waals surface area contributed by atoms with Crippen molar-refractivity contribution in [2.75, 3.05) is 0 Å². The Bertz CT molecular complexity index is 473. The van der Waals surface area contributed by atoms with Crippen LogP contribution in [0.3, 0.4) is 0 Å². The molecule has 1 atom stereocenters. The first-order valence-electron chi connectivity index (χ1n) is 4.82. The molecule has 92 valence electrons. The summed E-state index contributed by atoms with van der Waals surface area (Å²) in [6.45, 7) is 3.16. The van der Waals surface area contributed by atoms with Gasteiger partial charge in [-0.05, 0) is 31.5 Å². The summed E-state index contributed by atoms with van der Waals surface area (Å²) >= 11 is 3.20. The van der Waals surface area contributed by atoms with Crippen molar-refractivity contribution in [1.29, 1.82) is 0 Å². The highest BCUT2D eigenvalue weighted by molar-refractivity contribution is 9.10. The van der Waals surface area contributed by atoms with Gasteiger partial charge in [0.1, 0.15) is 11.3 Å². The zero-order valence-corrected chi connectivity index (χ0v) is 10.9. The highest BCUT2D eigenvalue weighted by atomic mass is 79.9. The fraction of sp³-hybridized carbons (Fsp3) is 0.273. The van der Waals surface area contributed by atoms with E-state index in [4.69, 9.17) is 15.6 Å². The number of carboxylic acids is 1. The lowest BCUT2D eigenvalue weighted by molar-refractivity contribution is -0.124. The van der Waals surface area contributed by atoms with Crippen molar-refractivity contribution in [2.45, 2.75) is 20.0 Å². The van der Waals surface area contributed by atoms with Gasteiger partial charge < -0.3 is 15.6 Å². The monoisotopic (exact) mass is 301 g/mol. The number of aryl methyl sites for hydroxylation is 1. The zero-order valence-electron chi connectivity index (χ0n) is 9.36. The molecule has 0 fully saturated rings. The number of hydrogen-bond donors (Lipinski definition) is 2. The molecule has 3 N–H and O–H groups in total. The van der Waals surface area contributed by atoms with Gasteiger partial charge in [0.25, 0.3) is 5.91 Å². The number of carboxylic acid groups (broad SMARTS) is 1. The summed E-state index contributed by atoms with van der Waals surface area (Å²) in [5.74, 6) is -1.61. The van der Waals surface area contributed by atoms with Crippen LogP contribution < -0.4 is 10.5 Å². The van der Waals surface area contributed by atoms with Crippen LogP contribution in [-0.2, 0) is 4.79 Å². The Kier molecular flexibility index (Phi) is 4.11. The van der Waals surface area contributed by atoms with Gasteiger partial charge in [-0.1, -0.05) is 15.9 Å². The summed E-state index contributed by atoms with van der Waals surface area (Å²) in [5, 5.41) is 9.05. The van der Waals surface area contributed by atoms with Crippen molar-refractivity contribution in [3.05, 3.63) is 27.7 Å². The molecule has 0 aliphatic rings. The van der Waals surface area contributed by atoms with Gasteiger partial charge in [-0.25, -0.2) is 4.79 Å². The van der Waals surface area contributed by atoms with E-state index in [1.165, 1.54) is 13.0 Å². The SMILES string of the molecule is Cc1cc(Br)cc(C(=O)O)c1OC(C)C(N)=O. The van der Waals surface area contributed by atoms with E-state index in [2.05, 4.69) is 15.9 Å². The van der Waals surface area contributed by atoms with Gasteiger partial charge in [0.2, 0.25) is 0 Å². The van der Waals surface area contributed by atoms with Crippen LogP contribution >= 0.6 is 15.9 Å². The van der Waals surface area contributed by atoms with Gasteiger partial charge in [-0.15, -0.1) is 0 Å². The van der Waals surface area contributed by atoms with Crippen LogP contribution in [0.5, 0.6) is 5.75 Å². The third-order valence-electron chi connectivity index (χ3n) is 2.17. The lowest BCUT2D eigenvalue weighted by Crippen LogP contribution is -2.31. The normalized spacial score (nSPS) is 11.9. The molecule has 0 saturated heterocycles. The number of carbonyl (C=O) groups is 2. The molecule has 0 aromatic heterocycles. The Morgan fingerprint density at radius 1 is 1.47 bits per heavy atom. The predicted molar refractivity (Wildman–Crippen MR) is 65.1 cm³/mol. The fourth-order valence-corrected chi connectivity index (χ4v) is 1.85. The van der Waals surface area contributed by atoms with Gasteiger partial charge in [0, 0.05) is 4.47 Å². The van der Waals surface area contributed by atoms with Gasteiger partial charge in [-0.3, -0.25) is 4.79 Å². The number of halogens is 1. The maximum Gasteiger partial charge on any atom is 0.339 e. The van der Waals surface area contributed by atoms with Crippen molar-refractivity contribution >= 4 is 27.8 Å². The Hall–Kier alpha value is -1.56. The molecule has 1 aromatic carbocycles. The molecule has 0 aliphatic heterocycles. The largest absolute Gasteiger partial charge is 0.480 e. The third-order valence-corrected chi connectivity index (χ3v) is 2.62. The second-order valence-corrected chi connectivity index (χ2v) is 4.48. The topological polar surface area (TPSA) is 89.6 Å². The molecule has 0 aliphatic carbocycles. The number of rotatable bonds is 4. The predicted octanol–water partition coefficient (Wildman–Crippen LogP) is 1.71. The minimum absolute atomic E-state index is 0.00928. The zero-order chi connectivity index (χ0) is 13.2. The van der Waals surface area contributed by atoms with Crippen LogP contribution in [0.25, 0.3) is 0 Å². The Morgan fingerprint density at radius 2 is 2.06 bits per heavy atom. The molecule has 1 rings (SSSR count). The van der Waals surface area contributed by atoms with Crippen LogP contribution in [0.15, 0.2) is 16.6 Å². The first kappa shape index (κ1) is 13.5. The molecular weight excluding hydrogens is 290 g/mol. The molecule has 0 spiro atoms. The van der Waals surface area contributed by atoms with E-state index in [0.29, 0.717) is 10.0 Å². The quantitative estimate of drug-likeness (QED) is 0.886. The summed E-state index contributed by atoms with van der Waals surface area (Å²) in [6, 6.07) is 3.12. The minimum Gasteiger partial charge on any atom is -0.480 e. The van der Waals surface area contributed by atoms with Crippen molar-refractivity contribution in [1.82, 2.24) is 0 Å². The van der Waals surface area contributed by atoms with Crippen LogP contribution in [0.1, 0.15) is 22.8 Å². The number of amides is 1. The molecule has 0 radical (unpaired) electrons. The van der Waals surface area contributed by atoms with E-state index in [1.54, 1.807) is 13.0 Å². The molecule has 5 nitrogen and oxygen atoms in total. The third kappa shape index (κ3) is 3.20. The Balaban J connectivity index is 3.21. The molecular formula is C11H12BrNO4. The molecule has 0 saturated carbocycles. The smallest absolute Gasteiger partial charge is 0.339 e. The van der Waals surface area contributed by atoms with E-state index >= 15 is 0 Å². The van der Waals surface area contributed by atoms with Crippen molar-refractivity contribution in [3.8, 4) is 5.75 Å². The van der Waals surface area contributed by atoms with Gasteiger partial charge >= 0.3 is 5.97 Å².